The number of amides is 3. The molecule has 1 unspecified atom stereocenters. The van der Waals surface area contributed by atoms with Crippen molar-refractivity contribution in [1.29, 1.82) is 0 Å². The van der Waals surface area contributed by atoms with Crippen LogP contribution in [0.3, 0.4) is 0 Å². The largest absolute Gasteiger partial charge is 0.391 e. The van der Waals surface area contributed by atoms with E-state index in [4.69, 9.17) is 11.6 Å². The third-order valence-electron chi connectivity index (χ3n) is 5.31. The van der Waals surface area contributed by atoms with Gasteiger partial charge in [0.2, 0.25) is 5.91 Å². The van der Waals surface area contributed by atoms with Crippen LogP contribution in [0.4, 0.5) is 10.5 Å². The van der Waals surface area contributed by atoms with E-state index in [1.54, 1.807) is 36.7 Å². The molecule has 1 saturated heterocycles. The second-order valence-electron chi connectivity index (χ2n) is 7.52. The summed E-state index contributed by atoms with van der Waals surface area (Å²) in [5.41, 5.74) is 2.23. The summed E-state index contributed by atoms with van der Waals surface area (Å²) in [6.07, 6.45) is 10.9. The van der Waals surface area contributed by atoms with Crippen molar-refractivity contribution in [3.63, 3.8) is 0 Å². The van der Waals surface area contributed by atoms with E-state index in [-0.39, 0.29) is 24.8 Å². The Bertz CT molecular complexity index is 1010. The number of hydrogen-bond acceptors (Lipinski definition) is 5. The molecule has 4 rings (SSSR count). The van der Waals surface area contributed by atoms with Crippen molar-refractivity contribution < 1.29 is 14.7 Å². The zero-order valence-electron chi connectivity index (χ0n) is 16.6. The first-order chi connectivity index (χ1) is 15.0. The van der Waals surface area contributed by atoms with E-state index >= 15 is 0 Å². The second-order valence-corrected chi connectivity index (χ2v) is 7.95. The standard InChI is InChI=1S/C22H22ClN5O3/c23-16-3-7-18(8-4-16)27-22(31)28-12-19(29)9-20(28)21(30)26-17-5-1-14(2-6-17)15-10-24-13-25-11-15/h1,3-8,10-11,13-14,19-20,29H,2,9,12H2,(H,26,30)(H,27,31)/t14?,19-,20-/m1/s1. The molecule has 0 bridgehead atoms. The topological polar surface area (TPSA) is 107 Å². The molecule has 1 aromatic carbocycles. The minimum atomic E-state index is -0.767. The lowest BCUT2D eigenvalue weighted by Crippen LogP contribution is -2.47. The van der Waals surface area contributed by atoms with Crippen LogP contribution in [0, 0.1) is 0 Å². The molecule has 31 heavy (non-hydrogen) atoms. The summed E-state index contributed by atoms with van der Waals surface area (Å²) in [5.74, 6) is -0.183. The van der Waals surface area contributed by atoms with Crippen LogP contribution >= 0.6 is 11.6 Å². The number of likely N-dealkylation sites (tertiary alicyclic amines) is 1. The van der Waals surface area contributed by atoms with Gasteiger partial charge in [0.05, 0.1) is 6.10 Å². The van der Waals surface area contributed by atoms with Gasteiger partial charge < -0.3 is 20.6 Å². The molecule has 1 fully saturated rings. The number of aliphatic hydroxyl groups excluding tert-OH is 1. The van der Waals surface area contributed by atoms with Crippen LogP contribution in [0.5, 0.6) is 0 Å². The second kappa shape index (κ2) is 9.28. The molecule has 3 N–H and O–H groups in total. The van der Waals surface area contributed by atoms with E-state index in [1.165, 1.54) is 11.2 Å². The summed E-state index contributed by atoms with van der Waals surface area (Å²) in [5, 5.41) is 16.2. The lowest BCUT2D eigenvalue weighted by Gasteiger charge is -2.25. The van der Waals surface area contributed by atoms with Crippen LogP contribution in [0.25, 0.3) is 0 Å². The van der Waals surface area contributed by atoms with E-state index in [0.717, 1.165) is 5.56 Å². The number of nitrogens with one attached hydrogen (secondary N) is 2. The number of benzene rings is 1. The number of carbonyl (C=O) groups excluding carboxylic acids is 2. The predicted molar refractivity (Wildman–Crippen MR) is 116 cm³/mol. The predicted octanol–water partition coefficient (Wildman–Crippen LogP) is 2.84. The number of carbonyl (C=O) groups is 2. The Balaban J connectivity index is 1.38. The van der Waals surface area contributed by atoms with Gasteiger partial charge in [0, 0.05) is 47.7 Å². The zero-order chi connectivity index (χ0) is 21.8. The van der Waals surface area contributed by atoms with Gasteiger partial charge in [-0.05, 0) is 42.3 Å². The molecule has 8 nitrogen and oxygen atoms in total. The summed E-state index contributed by atoms with van der Waals surface area (Å²) in [6, 6.07) is 5.46. The fourth-order valence-electron chi connectivity index (χ4n) is 3.70. The van der Waals surface area contributed by atoms with Gasteiger partial charge >= 0.3 is 6.03 Å². The van der Waals surface area contributed by atoms with E-state index < -0.39 is 18.2 Å². The van der Waals surface area contributed by atoms with Crippen LogP contribution in [0.2, 0.25) is 5.02 Å². The van der Waals surface area contributed by atoms with Crippen molar-refractivity contribution in [1.82, 2.24) is 20.2 Å². The Morgan fingerprint density at radius 2 is 1.87 bits per heavy atom. The Labute approximate surface area is 184 Å². The third-order valence-corrected chi connectivity index (χ3v) is 5.57. The van der Waals surface area contributed by atoms with Crippen LogP contribution in [0.1, 0.15) is 24.3 Å². The molecular formula is C22H22ClN5O3. The van der Waals surface area contributed by atoms with Crippen molar-refractivity contribution in [3.05, 3.63) is 77.5 Å². The van der Waals surface area contributed by atoms with Crippen molar-refractivity contribution in [2.45, 2.75) is 30.9 Å². The summed E-state index contributed by atoms with van der Waals surface area (Å²) in [4.78, 5) is 35.0. The molecule has 1 aliphatic carbocycles. The summed E-state index contributed by atoms with van der Waals surface area (Å²) in [6.45, 7) is 0.0858. The summed E-state index contributed by atoms with van der Waals surface area (Å²) in [7, 11) is 0. The maximum Gasteiger partial charge on any atom is 0.322 e. The molecule has 1 aliphatic heterocycles. The normalized spacial score (nSPS) is 22.7. The number of aromatic nitrogens is 2. The van der Waals surface area contributed by atoms with Gasteiger partial charge in [-0.15, -0.1) is 0 Å². The number of rotatable bonds is 4. The van der Waals surface area contributed by atoms with Gasteiger partial charge in [-0.1, -0.05) is 23.8 Å². The number of nitrogens with zero attached hydrogens (tertiary/aromatic N) is 3. The van der Waals surface area contributed by atoms with Gasteiger partial charge in [-0.25, -0.2) is 14.8 Å². The fraction of sp³-hybridized carbons (Fsp3) is 0.273. The number of anilines is 1. The fourth-order valence-corrected chi connectivity index (χ4v) is 3.83. The average molecular weight is 440 g/mol. The number of halogens is 1. The lowest BCUT2D eigenvalue weighted by atomic mass is 9.94. The smallest absolute Gasteiger partial charge is 0.322 e. The van der Waals surface area contributed by atoms with Crippen molar-refractivity contribution >= 4 is 29.2 Å². The molecular weight excluding hydrogens is 418 g/mol. The molecule has 0 spiro atoms. The molecule has 3 atom stereocenters. The van der Waals surface area contributed by atoms with Gasteiger partial charge in [0.1, 0.15) is 12.4 Å². The molecule has 2 heterocycles. The quantitative estimate of drug-likeness (QED) is 0.679. The average Bonchev–Trinajstić information content (AvgIpc) is 3.18. The highest BCUT2D eigenvalue weighted by atomic mass is 35.5. The molecule has 2 aromatic rings. The SMILES string of the molecule is O=C(NC1=CCC(c2cncnc2)C=C1)[C@H]1C[C@@H](O)CN1C(=O)Nc1ccc(Cl)cc1. The molecule has 1 aromatic heterocycles. The highest BCUT2D eigenvalue weighted by Gasteiger charge is 2.39. The molecule has 0 saturated carbocycles. The highest BCUT2D eigenvalue weighted by Crippen LogP contribution is 2.26. The number of hydrogen-bond donors (Lipinski definition) is 3. The van der Waals surface area contributed by atoms with Crippen molar-refractivity contribution in [3.8, 4) is 0 Å². The molecule has 2 aliphatic rings. The van der Waals surface area contributed by atoms with Crippen LogP contribution in [-0.2, 0) is 4.79 Å². The molecule has 160 valence electrons. The van der Waals surface area contributed by atoms with E-state index in [0.29, 0.717) is 22.8 Å². The first-order valence-electron chi connectivity index (χ1n) is 9.95. The Hall–Kier alpha value is -3.23. The number of β-amino-alcohol motifs (C(OH)–C–C–N with tert-alkyl or cyclic N) is 1. The minimum absolute atomic E-state index is 0.0858. The van der Waals surface area contributed by atoms with E-state index in [1.807, 2.05) is 18.2 Å². The zero-order valence-corrected chi connectivity index (χ0v) is 17.4. The van der Waals surface area contributed by atoms with Crippen molar-refractivity contribution in [2.75, 3.05) is 11.9 Å². The molecule has 3 amide bonds. The minimum Gasteiger partial charge on any atom is -0.391 e. The van der Waals surface area contributed by atoms with E-state index in [9.17, 15) is 14.7 Å². The van der Waals surface area contributed by atoms with Crippen LogP contribution < -0.4 is 10.6 Å². The van der Waals surface area contributed by atoms with Crippen molar-refractivity contribution in [2.24, 2.45) is 0 Å². The highest BCUT2D eigenvalue weighted by molar-refractivity contribution is 6.30. The maximum atomic E-state index is 12.9. The Morgan fingerprint density at radius 1 is 1.13 bits per heavy atom. The number of aliphatic hydroxyl groups is 1. The Morgan fingerprint density at radius 3 is 2.55 bits per heavy atom. The first kappa shape index (κ1) is 21.0. The first-order valence-corrected chi connectivity index (χ1v) is 10.3. The number of urea groups is 1. The van der Waals surface area contributed by atoms with Crippen LogP contribution in [-0.4, -0.2) is 50.6 Å². The van der Waals surface area contributed by atoms with E-state index in [2.05, 4.69) is 20.6 Å². The van der Waals surface area contributed by atoms with Gasteiger partial charge in [0.25, 0.3) is 0 Å². The molecule has 9 heteroatoms. The van der Waals surface area contributed by atoms with Gasteiger partial charge in [-0.3, -0.25) is 4.79 Å². The summed E-state index contributed by atoms with van der Waals surface area (Å²) < 4.78 is 0. The monoisotopic (exact) mass is 439 g/mol. The van der Waals surface area contributed by atoms with Crippen LogP contribution in [0.15, 0.2) is 66.9 Å². The lowest BCUT2D eigenvalue weighted by molar-refractivity contribution is -0.123. The van der Waals surface area contributed by atoms with Gasteiger partial charge in [-0.2, -0.15) is 0 Å². The number of allylic oxidation sites excluding steroid dienone is 3. The Kier molecular flexibility index (Phi) is 6.29. The maximum absolute atomic E-state index is 12.9. The summed E-state index contributed by atoms with van der Waals surface area (Å²) >= 11 is 5.87. The molecule has 0 radical (unpaired) electrons. The van der Waals surface area contributed by atoms with Gasteiger partial charge in [0.15, 0.2) is 0 Å². The third kappa shape index (κ3) is 5.10.